The van der Waals surface area contributed by atoms with Crippen molar-refractivity contribution >= 4 is 11.6 Å². The predicted molar refractivity (Wildman–Crippen MR) is 79.2 cm³/mol. The van der Waals surface area contributed by atoms with Gasteiger partial charge in [-0.3, -0.25) is 14.7 Å². The third-order valence-electron chi connectivity index (χ3n) is 2.91. The molecule has 0 saturated heterocycles. The molecule has 0 saturated carbocycles. The quantitative estimate of drug-likeness (QED) is 0.882. The third kappa shape index (κ3) is 2.99. The van der Waals surface area contributed by atoms with E-state index in [0.717, 1.165) is 11.4 Å². The van der Waals surface area contributed by atoms with E-state index >= 15 is 0 Å². The summed E-state index contributed by atoms with van der Waals surface area (Å²) < 4.78 is 1.46. The Bertz CT molecular complexity index is 672. The van der Waals surface area contributed by atoms with Gasteiger partial charge in [-0.1, -0.05) is 20.8 Å². The molecule has 5 nitrogen and oxygen atoms in total. The molecule has 20 heavy (non-hydrogen) atoms. The molecule has 5 heteroatoms. The molecule has 2 N–H and O–H groups in total. The minimum absolute atomic E-state index is 0.0434. The van der Waals surface area contributed by atoms with Crippen molar-refractivity contribution in [1.82, 2.24) is 9.78 Å². The highest BCUT2D eigenvalue weighted by atomic mass is 16.2. The lowest BCUT2D eigenvalue weighted by atomic mass is 9.95. The molecule has 0 aliphatic rings. The van der Waals surface area contributed by atoms with Gasteiger partial charge in [-0.05, 0) is 31.2 Å². The van der Waals surface area contributed by atoms with Crippen molar-refractivity contribution in [2.75, 3.05) is 5.32 Å². The second kappa shape index (κ2) is 5.00. The first-order valence-corrected chi connectivity index (χ1v) is 6.48. The fourth-order valence-electron chi connectivity index (χ4n) is 1.72. The Morgan fingerprint density at radius 1 is 1.20 bits per heavy atom. The summed E-state index contributed by atoms with van der Waals surface area (Å²) in [7, 11) is 0. The maximum absolute atomic E-state index is 11.9. The first kappa shape index (κ1) is 14.1. The molecule has 0 radical (unpaired) electrons. The molecule has 1 amide bonds. The summed E-state index contributed by atoms with van der Waals surface area (Å²) in [6.07, 6.45) is 0. The van der Waals surface area contributed by atoms with E-state index < -0.39 is 5.41 Å². The molecular formula is C15H19N3O2. The van der Waals surface area contributed by atoms with Crippen molar-refractivity contribution in [1.29, 1.82) is 0 Å². The molecule has 106 valence electrons. The van der Waals surface area contributed by atoms with Gasteiger partial charge in [-0.15, -0.1) is 0 Å². The van der Waals surface area contributed by atoms with Crippen LogP contribution < -0.4 is 10.9 Å². The van der Waals surface area contributed by atoms with Crippen LogP contribution >= 0.6 is 0 Å². The largest absolute Gasteiger partial charge is 0.326 e. The first-order chi connectivity index (χ1) is 9.27. The molecule has 0 fully saturated rings. The number of hydrogen-bond donors (Lipinski definition) is 2. The number of benzene rings is 1. The lowest BCUT2D eigenvalue weighted by molar-refractivity contribution is -0.123. The first-order valence-electron chi connectivity index (χ1n) is 6.48. The van der Waals surface area contributed by atoms with E-state index in [4.69, 9.17) is 0 Å². The van der Waals surface area contributed by atoms with Crippen LogP contribution in [0.1, 0.15) is 26.5 Å². The number of nitrogens with one attached hydrogen (secondary N) is 2. The van der Waals surface area contributed by atoms with Crippen LogP contribution in [-0.4, -0.2) is 15.7 Å². The van der Waals surface area contributed by atoms with Crippen molar-refractivity contribution in [3.8, 4) is 5.69 Å². The van der Waals surface area contributed by atoms with Gasteiger partial charge in [-0.25, -0.2) is 4.68 Å². The highest BCUT2D eigenvalue weighted by Crippen LogP contribution is 2.18. The number of amides is 1. The maximum Gasteiger partial charge on any atom is 0.271 e. The Kier molecular flexibility index (Phi) is 3.53. The molecule has 1 aromatic carbocycles. The van der Waals surface area contributed by atoms with Gasteiger partial charge < -0.3 is 5.32 Å². The van der Waals surface area contributed by atoms with Crippen molar-refractivity contribution in [3.63, 3.8) is 0 Å². The fraction of sp³-hybridized carbons (Fsp3) is 0.333. The number of anilines is 1. The highest BCUT2D eigenvalue weighted by molar-refractivity contribution is 5.94. The van der Waals surface area contributed by atoms with Crippen molar-refractivity contribution in [2.45, 2.75) is 27.7 Å². The van der Waals surface area contributed by atoms with Gasteiger partial charge in [0.2, 0.25) is 5.91 Å². The molecule has 0 unspecified atom stereocenters. The van der Waals surface area contributed by atoms with Crippen LogP contribution in [0.25, 0.3) is 5.69 Å². The van der Waals surface area contributed by atoms with Crippen molar-refractivity contribution in [3.05, 3.63) is 46.4 Å². The molecule has 1 aromatic heterocycles. The van der Waals surface area contributed by atoms with Crippen LogP contribution in [0.4, 0.5) is 5.69 Å². The second-order valence-corrected chi connectivity index (χ2v) is 5.86. The van der Waals surface area contributed by atoms with E-state index in [-0.39, 0.29) is 11.5 Å². The molecule has 0 spiro atoms. The molecule has 0 atom stereocenters. The number of H-pyrrole nitrogens is 1. The van der Waals surface area contributed by atoms with E-state index in [1.165, 1.54) is 10.7 Å². The summed E-state index contributed by atoms with van der Waals surface area (Å²) in [5.74, 6) is -0.0434. The zero-order valence-corrected chi connectivity index (χ0v) is 12.2. The molecule has 0 aliphatic heterocycles. The number of aromatic amines is 1. The number of rotatable bonds is 2. The van der Waals surface area contributed by atoms with Crippen LogP contribution in [0.3, 0.4) is 0 Å². The topological polar surface area (TPSA) is 66.9 Å². The lowest BCUT2D eigenvalue weighted by Crippen LogP contribution is -2.27. The number of carbonyl (C=O) groups is 1. The minimum atomic E-state index is -0.438. The summed E-state index contributed by atoms with van der Waals surface area (Å²) in [5, 5.41) is 5.81. The van der Waals surface area contributed by atoms with Gasteiger partial charge in [0.25, 0.3) is 5.56 Å². The summed E-state index contributed by atoms with van der Waals surface area (Å²) in [6.45, 7) is 7.41. The monoisotopic (exact) mass is 273 g/mol. The average molecular weight is 273 g/mol. The van der Waals surface area contributed by atoms with Gasteiger partial charge in [0, 0.05) is 22.9 Å². The van der Waals surface area contributed by atoms with Crippen LogP contribution in [-0.2, 0) is 4.79 Å². The van der Waals surface area contributed by atoms with E-state index in [0.29, 0.717) is 5.69 Å². The Hall–Kier alpha value is -2.30. The maximum atomic E-state index is 11.9. The van der Waals surface area contributed by atoms with E-state index in [1.54, 1.807) is 24.3 Å². The number of nitrogens with zero attached hydrogens (tertiary/aromatic N) is 1. The summed E-state index contributed by atoms with van der Waals surface area (Å²) in [4.78, 5) is 23.6. The van der Waals surface area contributed by atoms with E-state index in [1.807, 2.05) is 27.7 Å². The summed E-state index contributed by atoms with van der Waals surface area (Å²) >= 11 is 0. The van der Waals surface area contributed by atoms with Crippen LogP contribution in [0.15, 0.2) is 35.1 Å². The zero-order chi connectivity index (χ0) is 14.9. The standard InChI is InChI=1S/C15H19N3O2/c1-10-9-13(19)18(17-10)12-7-5-11(6-8-12)16-14(20)15(2,3)4/h5-9,17H,1-4H3,(H,16,20). The molecule has 1 heterocycles. The van der Waals surface area contributed by atoms with Gasteiger partial charge in [0.1, 0.15) is 0 Å². The number of carbonyl (C=O) groups excluding carboxylic acids is 1. The van der Waals surface area contributed by atoms with Crippen LogP contribution in [0, 0.1) is 12.3 Å². The molecule has 0 bridgehead atoms. The Balaban J connectivity index is 2.21. The van der Waals surface area contributed by atoms with Gasteiger partial charge in [0.05, 0.1) is 5.69 Å². The smallest absolute Gasteiger partial charge is 0.271 e. The SMILES string of the molecule is Cc1cc(=O)n(-c2ccc(NC(=O)C(C)(C)C)cc2)[nH]1. The van der Waals surface area contributed by atoms with Crippen LogP contribution in [0.5, 0.6) is 0 Å². The molecular weight excluding hydrogens is 254 g/mol. The van der Waals surface area contributed by atoms with Gasteiger partial charge >= 0.3 is 0 Å². The normalized spacial score (nSPS) is 11.4. The minimum Gasteiger partial charge on any atom is -0.326 e. The predicted octanol–water partition coefficient (Wildman–Crippen LogP) is 2.46. The Labute approximate surface area is 117 Å². The van der Waals surface area contributed by atoms with Crippen LogP contribution in [0.2, 0.25) is 0 Å². The highest BCUT2D eigenvalue weighted by Gasteiger charge is 2.21. The zero-order valence-electron chi connectivity index (χ0n) is 12.2. The molecule has 2 aromatic rings. The third-order valence-corrected chi connectivity index (χ3v) is 2.91. The van der Waals surface area contributed by atoms with E-state index in [9.17, 15) is 9.59 Å². The van der Waals surface area contributed by atoms with Gasteiger partial charge in [-0.2, -0.15) is 0 Å². The van der Waals surface area contributed by atoms with Crippen molar-refractivity contribution < 1.29 is 4.79 Å². The molecule has 0 aliphatic carbocycles. The summed E-state index contributed by atoms with van der Waals surface area (Å²) in [5.41, 5.74) is 1.71. The lowest BCUT2D eigenvalue weighted by Gasteiger charge is -2.17. The Morgan fingerprint density at radius 2 is 1.80 bits per heavy atom. The van der Waals surface area contributed by atoms with E-state index in [2.05, 4.69) is 10.4 Å². The Morgan fingerprint density at radius 3 is 2.25 bits per heavy atom. The molecule has 2 rings (SSSR count). The number of hydrogen-bond acceptors (Lipinski definition) is 2. The number of aryl methyl sites for hydroxylation is 1. The second-order valence-electron chi connectivity index (χ2n) is 5.86. The average Bonchev–Trinajstić information content (AvgIpc) is 2.68. The fourth-order valence-corrected chi connectivity index (χ4v) is 1.72. The van der Waals surface area contributed by atoms with Gasteiger partial charge in [0.15, 0.2) is 0 Å². The number of aromatic nitrogens is 2. The van der Waals surface area contributed by atoms with Crippen molar-refractivity contribution in [2.24, 2.45) is 5.41 Å². The summed E-state index contributed by atoms with van der Waals surface area (Å²) in [6, 6.07) is 8.67.